The van der Waals surface area contributed by atoms with E-state index < -0.39 is 9.84 Å². The van der Waals surface area contributed by atoms with Crippen molar-refractivity contribution < 1.29 is 13.2 Å². The molecule has 5 heteroatoms. The van der Waals surface area contributed by atoms with Gasteiger partial charge >= 0.3 is 0 Å². The summed E-state index contributed by atoms with van der Waals surface area (Å²) in [6, 6.07) is 14.5. The number of hydrogen-bond acceptors (Lipinski definition) is 3. The highest BCUT2D eigenvalue weighted by atomic mass is 32.2. The fourth-order valence-corrected chi connectivity index (χ4v) is 3.76. The maximum atomic E-state index is 12.8. The SMILES string of the molecule is CCN(CC)C(=O)c1ccccc1S(=O)(=O)c1ccccc1. The first-order valence-electron chi connectivity index (χ1n) is 7.20. The van der Waals surface area contributed by atoms with Crippen LogP contribution in [0.3, 0.4) is 0 Å². The van der Waals surface area contributed by atoms with Gasteiger partial charge in [-0.15, -0.1) is 0 Å². The molecule has 0 saturated heterocycles. The van der Waals surface area contributed by atoms with Crippen LogP contribution in [-0.4, -0.2) is 32.3 Å². The third kappa shape index (κ3) is 3.04. The molecule has 2 rings (SSSR count). The molecule has 0 fully saturated rings. The van der Waals surface area contributed by atoms with Gasteiger partial charge in [-0.25, -0.2) is 8.42 Å². The molecule has 0 radical (unpaired) electrons. The summed E-state index contributed by atoms with van der Waals surface area (Å²) >= 11 is 0. The van der Waals surface area contributed by atoms with Crippen molar-refractivity contribution in [2.45, 2.75) is 23.6 Å². The molecule has 2 aromatic carbocycles. The van der Waals surface area contributed by atoms with Gasteiger partial charge < -0.3 is 4.90 Å². The Morgan fingerprint density at radius 1 is 0.909 bits per heavy atom. The Bertz CT molecular complexity index is 750. The smallest absolute Gasteiger partial charge is 0.255 e. The molecular weight excluding hydrogens is 298 g/mol. The molecule has 116 valence electrons. The van der Waals surface area contributed by atoms with Gasteiger partial charge in [0.25, 0.3) is 5.91 Å². The molecule has 4 nitrogen and oxygen atoms in total. The maximum absolute atomic E-state index is 12.8. The van der Waals surface area contributed by atoms with Crippen LogP contribution in [0.15, 0.2) is 64.4 Å². The highest BCUT2D eigenvalue weighted by Crippen LogP contribution is 2.24. The predicted molar refractivity (Wildman–Crippen MR) is 85.6 cm³/mol. The van der Waals surface area contributed by atoms with Gasteiger partial charge in [-0.2, -0.15) is 0 Å². The molecule has 0 spiro atoms. The number of amides is 1. The molecule has 0 saturated carbocycles. The van der Waals surface area contributed by atoms with Gasteiger partial charge in [-0.3, -0.25) is 4.79 Å². The molecule has 1 amide bonds. The van der Waals surface area contributed by atoms with E-state index >= 15 is 0 Å². The second-order valence-corrected chi connectivity index (χ2v) is 6.71. The number of sulfone groups is 1. The van der Waals surface area contributed by atoms with E-state index in [1.165, 1.54) is 18.2 Å². The van der Waals surface area contributed by atoms with Crippen LogP contribution in [-0.2, 0) is 9.84 Å². The van der Waals surface area contributed by atoms with Gasteiger partial charge in [0.2, 0.25) is 9.84 Å². The van der Waals surface area contributed by atoms with Crippen LogP contribution < -0.4 is 0 Å². The van der Waals surface area contributed by atoms with Crippen LogP contribution in [0.1, 0.15) is 24.2 Å². The summed E-state index contributed by atoms with van der Waals surface area (Å²) in [6.45, 7) is 4.82. The minimum absolute atomic E-state index is 0.0538. The fraction of sp³-hybridized carbons (Fsp3) is 0.235. The van der Waals surface area contributed by atoms with Crippen molar-refractivity contribution in [3.63, 3.8) is 0 Å². The molecule has 0 atom stereocenters. The Morgan fingerprint density at radius 2 is 1.45 bits per heavy atom. The summed E-state index contributed by atoms with van der Waals surface area (Å²) < 4.78 is 25.6. The Hall–Kier alpha value is -2.14. The van der Waals surface area contributed by atoms with Gasteiger partial charge in [0, 0.05) is 13.1 Å². The third-order valence-electron chi connectivity index (χ3n) is 3.51. The van der Waals surface area contributed by atoms with Crippen molar-refractivity contribution in [3.8, 4) is 0 Å². The van der Waals surface area contributed by atoms with E-state index in [2.05, 4.69) is 0 Å². The summed E-state index contributed by atoms with van der Waals surface area (Å²) in [6.07, 6.45) is 0. The Balaban J connectivity index is 2.56. The molecule has 0 heterocycles. The average molecular weight is 317 g/mol. The normalized spacial score (nSPS) is 11.2. The van der Waals surface area contributed by atoms with Crippen molar-refractivity contribution in [2.75, 3.05) is 13.1 Å². The maximum Gasteiger partial charge on any atom is 0.255 e. The lowest BCUT2D eigenvalue weighted by atomic mass is 10.2. The number of carbonyl (C=O) groups excluding carboxylic acids is 1. The predicted octanol–water partition coefficient (Wildman–Crippen LogP) is 3.00. The van der Waals surface area contributed by atoms with Crippen molar-refractivity contribution in [1.82, 2.24) is 4.90 Å². The quantitative estimate of drug-likeness (QED) is 0.852. The van der Waals surface area contributed by atoms with Crippen LogP contribution >= 0.6 is 0 Å². The van der Waals surface area contributed by atoms with Gasteiger partial charge in [-0.1, -0.05) is 30.3 Å². The van der Waals surface area contributed by atoms with Crippen LogP contribution in [0.4, 0.5) is 0 Å². The molecule has 2 aromatic rings. The Labute approximate surface area is 131 Å². The second kappa shape index (κ2) is 6.75. The summed E-state index contributed by atoms with van der Waals surface area (Å²) in [5.41, 5.74) is 0.218. The highest BCUT2D eigenvalue weighted by Gasteiger charge is 2.25. The van der Waals surface area contributed by atoms with Gasteiger partial charge in [0.05, 0.1) is 15.4 Å². The highest BCUT2D eigenvalue weighted by molar-refractivity contribution is 7.91. The number of benzene rings is 2. The molecule has 0 aliphatic carbocycles. The molecule has 22 heavy (non-hydrogen) atoms. The van der Waals surface area contributed by atoms with Crippen LogP contribution in [0.5, 0.6) is 0 Å². The molecule has 0 unspecified atom stereocenters. The molecule has 0 aromatic heterocycles. The minimum atomic E-state index is -3.71. The van der Waals surface area contributed by atoms with E-state index in [1.54, 1.807) is 41.3 Å². The lowest BCUT2D eigenvalue weighted by Crippen LogP contribution is -2.31. The number of hydrogen-bond donors (Lipinski definition) is 0. The van der Waals surface area contributed by atoms with Crippen molar-refractivity contribution in [1.29, 1.82) is 0 Å². The van der Waals surface area contributed by atoms with Gasteiger partial charge in [0.15, 0.2) is 0 Å². The summed E-state index contributed by atoms with van der Waals surface area (Å²) in [5, 5.41) is 0. The van der Waals surface area contributed by atoms with E-state index in [0.29, 0.717) is 13.1 Å². The standard InChI is InChI=1S/C17H19NO3S/c1-3-18(4-2)17(19)15-12-8-9-13-16(15)22(20,21)14-10-6-5-7-11-14/h5-13H,3-4H2,1-2H3. The van der Waals surface area contributed by atoms with E-state index in [-0.39, 0.29) is 21.3 Å². The largest absolute Gasteiger partial charge is 0.339 e. The van der Waals surface area contributed by atoms with E-state index in [4.69, 9.17) is 0 Å². The monoisotopic (exact) mass is 317 g/mol. The first kappa shape index (κ1) is 16.2. The second-order valence-electron chi connectivity index (χ2n) is 4.79. The fourth-order valence-electron chi connectivity index (χ4n) is 2.29. The zero-order valence-electron chi connectivity index (χ0n) is 12.7. The molecule has 0 N–H and O–H groups in total. The van der Waals surface area contributed by atoms with E-state index in [1.807, 2.05) is 13.8 Å². The topological polar surface area (TPSA) is 54.5 Å². The lowest BCUT2D eigenvalue weighted by Gasteiger charge is -2.20. The van der Waals surface area contributed by atoms with Crippen LogP contribution in [0, 0.1) is 0 Å². The summed E-state index contributed by atoms with van der Waals surface area (Å²) in [5.74, 6) is -0.264. The zero-order valence-corrected chi connectivity index (χ0v) is 13.5. The Morgan fingerprint density at radius 3 is 2.05 bits per heavy atom. The minimum Gasteiger partial charge on any atom is -0.339 e. The van der Waals surface area contributed by atoms with Crippen LogP contribution in [0.2, 0.25) is 0 Å². The lowest BCUT2D eigenvalue weighted by molar-refractivity contribution is 0.0769. The van der Waals surface area contributed by atoms with E-state index in [0.717, 1.165) is 0 Å². The molecule has 0 aliphatic heterocycles. The molecule has 0 aliphatic rings. The van der Waals surface area contributed by atoms with Crippen molar-refractivity contribution >= 4 is 15.7 Å². The number of rotatable bonds is 5. The van der Waals surface area contributed by atoms with Gasteiger partial charge in [0.1, 0.15) is 0 Å². The number of nitrogens with zero attached hydrogens (tertiary/aromatic N) is 1. The third-order valence-corrected chi connectivity index (χ3v) is 5.34. The molecule has 0 bridgehead atoms. The average Bonchev–Trinajstić information content (AvgIpc) is 2.56. The summed E-state index contributed by atoms with van der Waals surface area (Å²) in [4.78, 5) is 14.4. The first-order valence-corrected chi connectivity index (χ1v) is 8.69. The van der Waals surface area contributed by atoms with E-state index in [9.17, 15) is 13.2 Å². The Kier molecular flexibility index (Phi) is 4.98. The van der Waals surface area contributed by atoms with Crippen LogP contribution in [0.25, 0.3) is 0 Å². The molecular formula is C17H19NO3S. The van der Waals surface area contributed by atoms with Crippen molar-refractivity contribution in [2.24, 2.45) is 0 Å². The van der Waals surface area contributed by atoms with Crippen molar-refractivity contribution in [3.05, 3.63) is 60.2 Å². The number of carbonyl (C=O) groups is 1. The summed E-state index contributed by atoms with van der Waals surface area (Å²) in [7, 11) is -3.71. The zero-order chi connectivity index (χ0) is 16.2. The first-order chi connectivity index (χ1) is 10.5. The van der Waals surface area contributed by atoms with Gasteiger partial charge in [-0.05, 0) is 38.1 Å².